The van der Waals surface area contributed by atoms with E-state index in [1.54, 1.807) is 10.8 Å². The van der Waals surface area contributed by atoms with Gasteiger partial charge in [0.05, 0.1) is 0 Å². The molecule has 16 heavy (non-hydrogen) atoms. The van der Waals surface area contributed by atoms with Crippen LogP contribution >= 0.6 is 0 Å². The van der Waals surface area contributed by atoms with Crippen LogP contribution in [0.5, 0.6) is 0 Å². The molecule has 0 aliphatic rings. The molecule has 5 nitrogen and oxygen atoms in total. The summed E-state index contributed by atoms with van der Waals surface area (Å²) in [7, 11) is 0. The molecular formula is C11H13N3O2. The summed E-state index contributed by atoms with van der Waals surface area (Å²) in [6.07, 6.45) is 1.74. The molecule has 0 spiro atoms. The first-order valence-corrected chi connectivity index (χ1v) is 5.12. The molecule has 0 bridgehead atoms. The monoisotopic (exact) mass is 219 g/mol. The lowest BCUT2D eigenvalue weighted by Crippen LogP contribution is -2.25. The van der Waals surface area contributed by atoms with Crippen LogP contribution in [0.25, 0.3) is 11.0 Å². The van der Waals surface area contributed by atoms with E-state index in [1.807, 2.05) is 20.8 Å². The summed E-state index contributed by atoms with van der Waals surface area (Å²) in [5.41, 5.74) is 0.593. The van der Waals surface area contributed by atoms with Crippen LogP contribution in [-0.2, 0) is 0 Å². The van der Waals surface area contributed by atoms with E-state index in [9.17, 15) is 9.59 Å². The molecule has 0 radical (unpaired) electrons. The Morgan fingerprint density at radius 2 is 2.06 bits per heavy atom. The molecule has 0 aliphatic carbocycles. The minimum atomic E-state index is -0.344. The van der Waals surface area contributed by atoms with Crippen molar-refractivity contribution < 1.29 is 0 Å². The van der Waals surface area contributed by atoms with Gasteiger partial charge in [-0.3, -0.25) is 9.36 Å². The van der Waals surface area contributed by atoms with E-state index in [1.165, 1.54) is 6.07 Å². The van der Waals surface area contributed by atoms with Crippen LogP contribution in [0, 0.1) is 6.92 Å². The van der Waals surface area contributed by atoms with Crippen molar-refractivity contribution in [3.63, 3.8) is 0 Å². The van der Waals surface area contributed by atoms with Crippen molar-refractivity contribution in [2.24, 2.45) is 0 Å². The lowest BCUT2D eigenvalue weighted by atomic mass is 10.2. The molecule has 2 rings (SSSR count). The van der Waals surface area contributed by atoms with E-state index in [0.717, 1.165) is 10.9 Å². The van der Waals surface area contributed by atoms with Gasteiger partial charge in [0.15, 0.2) is 0 Å². The van der Waals surface area contributed by atoms with Crippen LogP contribution in [0.15, 0.2) is 21.9 Å². The molecular weight excluding hydrogens is 206 g/mol. The maximum atomic E-state index is 11.6. The van der Waals surface area contributed by atoms with Gasteiger partial charge in [0.2, 0.25) is 5.56 Å². The van der Waals surface area contributed by atoms with Crippen LogP contribution in [0.3, 0.4) is 0 Å². The van der Waals surface area contributed by atoms with Gasteiger partial charge < -0.3 is 4.98 Å². The van der Waals surface area contributed by atoms with Gasteiger partial charge in [-0.05, 0) is 26.3 Å². The largest absolute Gasteiger partial charge is 0.349 e. The second-order valence-electron chi connectivity index (χ2n) is 4.10. The fourth-order valence-corrected chi connectivity index (χ4v) is 1.65. The number of aromatic nitrogens is 3. The Bertz CT molecular complexity index is 652. The van der Waals surface area contributed by atoms with Crippen LogP contribution in [0.4, 0.5) is 0 Å². The Morgan fingerprint density at radius 1 is 1.38 bits per heavy atom. The van der Waals surface area contributed by atoms with Crippen LogP contribution in [0.2, 0.25) is 0 Å². The smallest absolute Gasteiger partial charge is 0.306 e. The van der Waals surface area contributed by atoms with Gasteiger partial charge >= 0.3 is 5.69 Å². The molecule has 0 aromatic carbocycles. The highest BCUT2D eigenvalue weighted by atomic mass is 16.1. The molecule has 0 amide bonds. The quantitative estimate of drug-likeness (QED) is 0.777. The van der Waals surface area contributed by atoms with Crippen molar-refractivity contribution in [1.82, 2.24) is 14.5 Å². The van der Waals surface area contributed by atoms with Gasteiger partial charge in [-0.2, -0.15) is 4.98 Å². The summed E-state index contributed by atoms with van der Waals surface area (Å²) in [4.78, 5) is 29.3. The van der Waals surface area contributed by atoms with E-state index >= 15 is 0 Å². The predicted octanol–water partition coefficient (Wildman–Crippen LogP) is 0.974. The fourth-order valence-electron chi connectivity index (χ4n) is 1.65. The number of nitrogens with one attached hydrogen (secondary N) is 1. The normalized spacial score (nSPS) is 11.2. The molecule has 0 unspecified atom stereocenters. The lowest BCUT2D eigenvalue weighted by molar-refractivity contribution is 0.568. The van der Waals surface area contributed by atoms with Crippen molar-refractivity contribution in [3.8, 4) is 0 Å². The summed E-state index contributed by atoms with van der Waals surface area (Å²) in [5, 5.41) is 0.799. The zero-order valence-corrected chi connectivity index (χ0v) is 9.44. The SMILES string of the molecule is Cc1cc(=O)[nH]c2nc(=O)n(C(C)C)cc12. The van der Waals surface area contributed by atoms with Gasteiger partial charge in [0.1, 0.15) is 5.65 Å². The minimum absolute atomic E-state index is 0.0516. The van der Waals surface area contributed by atoms with E-state index in [0.29, 0.717) is 5.65 Å². The molecule has 1 N–H and O–H groups in total. The molecule has 2 aromatic rings. The number of H-pyrrole nitrogens is 1. The zero-order chi connectivity index (χ0) is 11.9. The highest BCUT2D eigenvalue weighted by molar-refractivity contribution is 5.76. The number of rotatable bonds is 1. The molecule has 0 atom stereocenters. The van der Waals surface area contributed by atoms with Gasteiger partial charge in [-0.1, -0.05) is 0 Å². The first-order chi connectivity index (χ1) is 7.49. The Labute approximate surface area is 91.8 Å². The molecule has 2 aromatic heterocycles. The average molecular weight is 219 g/mol. The maximum absolute atomic E-state index is 11.6. The van der Waals surface area contributed by atoms with Crippen molar-refractivity contribution in [3.05, 3.63) is 38.7 Å². The van der Waals surface area contributed by atoms with Crippen molar-refractivity contribution in [1.29, 1.82) is 0 Å². The Morgan fingerprint density at radius 3 is 2.69 bits per heavy atom. The Kier molecular flexibility index (Phi) is 2.38. The number of hydrogen-bond donors (Lipinski definition) is 1. The van der Waals surface area contributed by atoms with Gasteiger partial charge in [0, 0.05) is 23.7 Å². The van der Waals surface area contributed by atoms with Gasteiger partial charge in [-0.25, -0.2) is 4.79 Å². The lowest BCUT2D eigenvalue weighted by Gasteiger charge is -2.10. The highest BCUT2D eigenvalue weighted by Crippen LogP contribution is 2.11. The van der Waals surface area contributed by atoms with Crippen LogP contribution in [-0.4, -0.2) is 14.5 Å². The Balaban J connectivity index is 2.90. The average Bonchev–Trinajstić information content (AvgIpc) is 2.15. The summed E-state index contributed by atoms with van der Waals surface area (Å²) in [5.74, 6) is 0. The van der Waals surface area contributed by atoms with Crippen LogP contribution in [0.1, 0.15) is 25.5 Å². The molecule has 84 valence electrons. The number of aromatic amines is 1. The predicted molar refractivity (Wildman–Crippen MR) is 61.7 cm³/mol. The number of hydrogen-bond acceptors (Lipinski definition) is 3. The topological polar surface area (TPSA) is 67.8 Å². The van der Waals surface area contributed by atoms with Gasteiger partial charge in [-0.15, -0.1) is 0 Å². The third kappa shape index (κ3) is 1.64. The maximum Gasteiger partial charge on any atom is 0.349 e. The third-order valence-corrected chi connectivity index (χ3v) is 2.52. The van der Waals surface area contributed by atoms with E-state index < -0.39 is 0 Å². The number of aryl methyl sites for hydroxylation is 1. The zero-order valence-electron chi connectivity index (χ0n) is 9.44. The third-order valence-electron chi connectivity index (χ3n) is 2.52. The first kappa shape index (κ1) is 10.6. The van der Waals surface area contributed by atoms with E-state index in [2.05, 4.69) is 9.97 Å². The Hall–Kier alpha value is -1.91. The molecule has 0 fully saturated rings. The highest BCUT2D eigenvalue weighted by Gasteiger charge is 2.07. The molecule has 0 aliphatic heterocycles. The fraction of sp³-hybridized carbons (Fsp3) is 0.364. The molecule has 0 saturated heterocycles. The molecule has 5 heteroatoms. The minimum Gasteiger partial charge on any atom is -0.306 e. The van der Waals surface area contributed by atoms with E-state index in [4.69, 9.17) is 0 Å². The van der Waals surface area contributed by atoms with Crippen molar-refractivity contribution >= 4 is 11.0 Å². The summed E-state index contributed by atoms with van der Waals surface area (Å²) in [6, 6.07) is 1.55. The number of fused-ring (bicyclic) bond motifs is 1. The summed E-state index contributed by atoms with van der Waals surface area (Å²) < 4.78 is 1.55. The number of nitrogens with zero attached hydrogens (tertiary/aromatic N) is 2. The second kappa shape index (κ2) is 3.59. The van der Waals surface area contributed by atoms with Crippen molar-refractivity contribution in [2.75, 3.05) is 0 Å². The summed E-state index contributed by atoms with van der Waals surface area (Å²) >= 11 is 0. The second-order valence-corrected chi connectivity index (χ2v) is 4.10. The number of pyridine rings is 1. The molecule has 0 saturated carbocycles. The van der Waals surface area contributed by atoms with Crippen molar-refractivity contribution in [2.45, 2.75) is 26.8 Å². The first-order valence-electron chi connectivity index (χ1n) is 5.12. The molecule has 2 heterocycles. The van der Waals surface area contributed by atoms with Gasteiger partial charge in [0.25, 0.3) is 0 Å². The summed E-state index contributed by atoms with van der Waals surface area (Å²) in [6.45, 7) is 5.65. The van der Waals surface area contributed by atoms with E-state index in [-0.39, 0.29) is 17.3 Å². The van der Waals surface area contributed by atoms with Crippen LogP contribution < -0.4 is 11.2 Å². The standard InChI is InChI=1S/C11H13N3O2/c1-6(2)14-5-8-7(3)4-9(15)12-10(8)13-11(14)16/h4-6H,1-3H3,(H,12,13,15,16).